The van der Waals surface area contributed by atoms with Crippen LogP contribution in [0, 0.1) is 5.41 Å². The molecule has 0 aromatic carbocycles. The van der Waals surface area contributed by atoms with Crippen LogP contribution in [0.3, 0.4) is 0 Å². The second-order valence-corrected chi connectivity index (χ2v) is 8.89. The predicted octanol–water partition coefficient (Wildman–Crippen LogP) is -1.59. The van der Waals surface area contributed by atoms with Gasteiger partial charge in [0.1, 0.15) is 30.0 Å². The van der Waals surface area contributed by atoms with Crippen LogP contribution in [0.4, 0.5) is 0 Å². The minimum Gasteiger partial charge on any atom is -0.394 e. The molecule has 7 N–H and O–H groups in total. The Bertz CT molecular complexity index is 540. The zero-order valence-corrected chi connectivity index (χ0v) is 16.8. The first-order valence-corrected chi connectivity index (χ1v) is 9.54. The molecule has 0 radical (unpaired) electrons. The Morgan fingerprint density at radius 1 is 1.07 bits per heavy atom. The summed E-state index contributed by atoms with van der Waals surface area (Å²) in [6.07, 6.45) is -5.34. The van der Waals surface area contributed by atoms with Crippen molar-refractivity contribution in [2.24, 2.45) is 5.41 Å². The van der Waals surface area contributed by atoms with Crippen LogP contribution in [0.2, 0.25) is 0 Å². The van der Waals surface area contributed by atoms with Crippen LogP contribution in [-0.4, -0.2) is 96.5 Å². The zero-order chi connectivity index (χ0) is 21.5. The number of rotatable bonds is 5. The Labute approximate surface area is 164 Å². The van der Waals surface area contributed by atoms with E-state index in [9.17, 15) is 35.7 Å². The van der Waals surface area contributed by atoms with Crippen molar-refractivity contribution in [3.63, 3.8) is 0 Å². The van der Waals surface area contributed by atoms with Crippen molar-refractivity contribution < 1.29 is 45.2 Å². The zero-order valence-electron chi connectivity index (χ0n) is 16.8. The number of hydrogen-bond donors (Lipinski definition) is 7. The van der Waals surface area contributed by atoms with Gasteiger partial charge in [-0.3, -0.25) is 0 Å². The molecule has 2 aliphatic rings. The summed E-state index contributed by atoms with van der Waals surface area (Å²) in [5, 5.41) is 71.0. The number of ether oxygens (including phenoxy) is 2. The smallest absolute Gasteiger partial charge is 0.186 e. The fourth-order valence-corrected chi connectivity index (χ4v) is 4.27. The molecule has 2 rings (SSSR count). The first-order valence-electron chi connectivity index (χ1n) is 9.54. The Hall–Kier alpha value is -0.620. The summed E-state index contributed by atoms with van der Waals surface area (Å²) in [5.74, 6) is 0. The van der Waals surface area contributed by atoms with Crippen molar-refractivity contribution in [1.29, 1.82) is 0 Å². The van der Waals surface area contributed by atoms with Gasteiger partial charge in [0.2, 0.25) is 0 Å². The highest BCUT2D eigenvalue weighted by atomic mass is 16.7. The summed E-state index contributed by atoms with van der Waals surface area (Å²) >= 11 is 0. The fourth-order valence-electron chi connectivity index (χ4n) is 4.27. The maximum atomic E-state index is 11.2. The molecule has 1 unspecified atom stereocenters. The molecule has 1 aliphatic heterocycles. The molecule has 1 saturated carbocycles. The normalized spacial score (nSPS) is 48.0. The van der Waals surface area contributed by atoms with Crippen LogP contribution in [0.5, 0.6) is 0 Å². The van der Waals surface area contributed by atoms with E-state index in [-0.39, 0.29) is 12.8 Å². The average Bonchev–Trinajstić information content (AvgIpc) is 2.57. The number of aliphatic hydroxyl groups is 7. The molecule has 0 amide bonds. The van der Waals surface area contributed by atoms with Gasteiger partial charge in [-0.1, -0.05) is 26.0 Å². The standard InChI is InChI=1S/C19H34O9/c1-10(21)5-6-19(26)17(2,3)7-11(8-18(19,4)25)27-16-15(24)14(23)13(22)12(9-20)28-16/h5-6,10-16,20-26H,7-9H2,1-4H3/b6-5-/t10?,11-,12-,13-,14+,15-,16-,18+,19+/m1/s1. The molecule has 9 nitrogen and oxygen atoms in total. The van der Waals surface area contributed by atoms with Crippen LogP contribution in [-0.2, 0) is 9.47 Å². The van der Waals surface area contributed by atoms with Crippen LogP contribution in [0.15, 0.2) is 12.2 Å². The highest BCUT2D eigenvalue weighted by Gasteiger charge is 2.59. The molecule has 0 bridgehead atoms. The monoisotopic (exact) mass is 406 g/mol. The Kier molecular flexibility index (Phi) is 6.97. The molecule has 1 saturated heterocycles. The van der Waals surface area contributed by atoms with Crippen LogP contribution in [0.25, 0.3) is 0 Å². The molecule has 9 heteroatoms. The summed E-state index contributed by atoms with van der Waals surface area (Å²) in [6, 6.07) is 0. The van der Waals surface area contributed by atoms with Crippen LogP contribution in [0.1, 0.15) is 40.5 Å². The molecule has 2 fully saturated rings. The predicted molar refractivity (Wildman–Crippen MR) is 98.0 cm³/mol. The van der Waals surface area contributed by atoms with Crippen LogP contribution >= 0.6 is 0 Å². The second kappa shape index (κ2) is 8.25. The molecular formula is C19H34O9. The molecule has 9 atom stereocenters. The van der Waals surface area contributed by atoms with Crippen LogP contribution < -0.4 is 0 Å². The Balaban J connectivity index is 2.20. The summed E-state index contributed by atoms with van der Waals surface area (Å²) in [5.41, 5.74) is -4.15. The third kappa shape index (κ3) is 4.28. The summed E-state index contributed by atoms with van der Waals surface area (Å²) in [7, 11) is 0. The number of aliphatic hydroxyl groups excluding tert-OH is 5. The second-order valence-electron chi connectivity index (χ2n) is 8.89. The van der Waals surface area contributed by atoms with E-state index in [0.29, 0.717) is 0 Å². The molecule has 0 aromatic heterocycles. The highest BCUT2D eigenvalue weighted by Crippen LogP contribution is 2.51. The highest BCUT2D eigenvalue weighted by molar-refractivity contribution is 5.21. The molecule has 1 aliphatic carbocycles. The van der Waals surface area contributed by atoms with Crippen molar-refractivity contribution in [1.82, 2.24) is 0 Å². The van der Waals surface area contributed by atoms with Crippen molar-refractivity contribution in [2.45, 2.75) is 94.7 Å². The van der Waals surface area contributed by atoms with E-state index in [1.807, 2.05) is 0 Å². The van der Waals surface area contributed by atoms with E-state index < -0.39 is 66.1 Å². The van der Waals surface area contributed by atoms with Gasteiger partial charge in [-0.25, -0.2) is 0 Å². The molecular weight excluding hydrogens is 372 g/mol. The third-order valence-electron chi connectivity index (χ3n) is 6.01. The van der Waals surface area contributed by atoms with E-state index in [4.69, 9.17) is 9.47 Å². The molecule has 0 spiro atoms. The largest absolute Gasteiger partial charge is 0.394 e. The lowest BCUT2D eigenvalue weighted by Crippen LogP contribution is -2.66. The lowest BCUT2D eigenvalue weighted by atomic mass is 9.57. The third-order valence-corrected chi connectivity index (χ3v) is 6.01. The van der Waals surface area contributed by atoms with Gasteiger partial charge in [0.05, 0.1) is 24.4 Å². The minimum absolute atomic E-state index is 0.00784. The maximum Gasteiger partial charge on any atom is 0.186 e. The van der Waals surface area contributed by atoms with E-state index in [1.165, 1.54) is 26.0 Å². The molecule has 1 heterocycles. The topological polar surface area (TPSA) is 160 Å². The Morgan fingerprint density at radius 2 is 1.68 bits per heavy atom. The van der Waals surface area contributed by atoms with Gasteiger partial charge in [0, 0.05) is 11.8 Å². The van der Waals surface area contributed by atoms with Gasteiger partial charge in [0.25, 0.3) is 0 Å². The summed E-state index contributed by atoms with van der Waals surface area (Å²) in [6.45, 7) is 5.93. The van der Waals surface area contributed by atoms with Gasteiger partial charge >= 0.3 is 0 Å². The molecule has 0 aromatic rings. The van der Waals surface area contributed by atoms with Crippen molar-refractivity contribution in [3.05, 3.63) is 12.2 Å². The Morgan fingerprint density at radius 3 is 2.18 bits per heavy atom. The quantitative estimate of drug-likeness (QED) is 0.267. The van der Waals surface area contributed by atoms with Gasteiger partial charge in [-0.05, 0) is 20.3 Å². The van der Waals surface area contributed by atoms with E-state index in [0.717, 1.165) is 0 Å². The van der Waals surface area contributed by atoms with Crippen molar-refractivity contribution >= 4 is 0 Å². The average molecular weight is 406 g/mol. The van der Waals surface area contributed by atoms with E-state index >= 15 is 0 Å². The first-order chi connectivity index (χ1) is 12.8. The van der Waals surface area contributed by atoms with Crippen molar-refractivity contribution in [3.8, 4) is 0 Å². The van der Waals surface area contributed by atoms with E-state index in [1.54, 1.807) is 13.8 Å². The van der Waals surface area contributed by atoms with Gasteiger partial charge < -0.3 is 45.2 Å². The lowest BCUT2D eigenvalue weighted by molar-refractivity contribution is -0.326. The lowest BCUT2D eigenvalue weighted by Gasteiger charge is -2.56. The molecule has 164 valence electrons. The fraction of sp³-hybridized carbons (Fsp3) is 0.895. The van der Waals surface area contributed by atoms with Crippen molar-refractivity contribution in [2.75, 3.05) is 6.61 Å². The SMILES string of the molecule is CC(O)/C=C\[C@]1(O)C(C)(C)C[C@@H](O[C@@H]2O[C@H](CO)[C@@H](O)[C@H](O)[C@H]2O)C[C@]1(C)O. The van der Waals surface area contributed by atoms with Gasteiger partial charge in [-0.2, -0.15) is 0 Å². The van der Waals surface area contributed by atoms with Gasteiger partial charge in [-0.15, -0.1) is 0 Å². The van der Waals surface area contributed by atoms with Gasteiger partial charge in [0.15, 0.2) is 6.29 Å². The summed E-state index contributed by atoms with van der Waals surface area (Å²) in [4.78, 5) is 0. The first kappa shape index (κ1) is 23.7. The minimum atomic E-state index is -1.65. The van der Waals surface area contributed by atoms with E-state index in [2.05, 4.69) is 0 Å². The number of hydrogen-bond acceptors (Lipinski definition) is 9. The maximum absolute atomic E-state index is 11.2. The summed E-state index contributed by atoms with van der Waals surface area (Å²) < 4.78 is 11.2. The molecule has 28 heavy (non-hydrogen) atoms.